The lowest BCUT2D eigenvalue weighted by atomic mass is 9.98. The molecule has 0 aliphatic heterocycles. The van der Waals surface area contributed by atoms with Gasteiger partial charge in [-0.2, -0.15) is 0 Å². The molecule has 0 bridgehead atoms. The average molecular weight is 339 g/mol. The minimum atomic E-state index is -0.436. The highest BCUT2D eigenvalue weighted by Crippen LogP contribution is 2.28. The van der Waals surface area contributed by atoms with Crippen LogP contribution in [0.4, 0.5) is 0 Å². The molecule has 0 aliphatic rings. The van der Waals surface area contributed by atoms with Crippen molar-refractivity contribution in [2.24, 2.45) is 0 Å². The predicted molar refractivity (Wildman–Crippen MR) is 98.1 cm³/mol. The number of hydrogen-bond donors (Lipinski definition) is 1. The van der Waals surface area contributed by atoms with E-state index in [-0.39, 0.29) is 5.91 Å². The minimum Gasteiger partial charge on any atom is -0.344 e. The van der Waals surface area contributed by atoms with Crippen LogP contribution < -0.4 is 5.32 Å². The molecule has 124 valence electrons. The maximum atomic E-state index is 12.6. The number of nitrogens with zero attached hydrogens (tertiary/aromatic N) is 2. The average Bonchev–Trinajstić information content (AvgIpc) is 3.02. The molecule has 0 unspecified atom stereocenters. The highest BCUT2D eigenvalue weighted by molar-refractivity contribution is 7.09. The quantitative estimate of drug-likeness (QED) is 0.765. The molecule has 1 amide bonds. The molecule has 0 spiro atoms. The Balaban J connectivity index is 1.81. The van der Waals surface area contributed by atoms with Crippen molar-refractivity contribution in [2.45, 2.75) is 39.2 Å². The van der Waals surface area contributed by atoms with Crippen LogP contribution in [-0.4, -0.2) is 15.9 Å². The van der Waals surface area contributed by atoms with Crippen LogP contribution in [0, 0.1) is 6.92 Å². The van der Waals surface area contributed by atoms with E-state index >= 15 is 0 Å². The number of para-hydroxylation sites is 1. The molecule has 1 N–H and O–H groups in total. The van der Waals surface area contributed by atoms with E-state index in [1.54, 1.807) is 17.5 Å². The molecule has 0 saturated carbocycles. The molecule has 2 aromatic heterocycles. The number of amides is 1. The van der Waals surface area contributed by atoms with E-state index in [2.05, 4.69) is 22.2 Å². The minimum absolute atomic E-state index is 0.00893. The van der Waals surface area contributed by atoms with Gasteiger partial charge in [0.2, 0.25) is 5.91 Å². The van der Waals surface area contributed by atoms with Crippen LogP contribution in [0.15, 0.2) is 41.9 Å². The van der Waals surface area contributed by atoms with Gasteiger partial charge in [0.1, 0.15) is 5.01 Å². The molecule has 0 aliphatic carbocycles. The van der Waals surface area contributed by atoms with Gasteiger partial charge in [-0.25, -0.2) is 4.98 Å². The zero-order valence-corrected chi connectivity index (χ0v) is 15.0. The Morgan fingerprint density at radius 2 is 2.08 bits per heavy atom. The fourth-order valence-electron chi connectivity index (χ4n) is 2.74. The number of pyridine rings is 1. The third-order valence-electron chi connectivity index (χ3n) is 4.28. The number of nitrogens with one attached hydrogen (secondary N) is 1. The molecule has 1 aromatic carbocycles. The molecule has 0 saturated heterocycles. The summed E-state index contributed by atoms with van der Waals surface area (Å²) in [5, 5.41) is 7.19. The van der Waals surface area contributed by atoms with Crippen LogP contribution in [0.5, 0.6) is 0 Å². The lowest BCUT2D eigenvalue weighted by Crippen LogP contribution is -2.43. The summed E-state index contributed by atoms with van der Waals surface area (Å²) >= 11 is 1.59. The van der Waals surface area contributed by atoms with Crippen LogP contribution in [0.3, 0.4) is 0 Å². The Hall–Kier alpha value is -2.27. The molecule has 1 atom stereocenters. The Morgan fingerprint density at radius 1 is 1.29 bits per heavy atom. The van der Waals surface area contributed by atoms with E-state index in [0.29, 0.717) is 6.42 Å². The van der Waals surface area contributed by atoms with Crippen molar-refractivity contribution in [1.29, 1.82) is 0 Å². The van der Waals surface area contributed by atoms with Crippen molar-refractivity contribution in [1.82, 2.24) is 15.3 Å². The lowest BCUT2D eigenvalue weighted by molar-refractivity contribution is -0.122. The summed E-state index contributed by atoms with van der Waals surface area (Å²) in [7, 11) is 0. The smallest absolute Gasteiger partial charge is 0.225 e. The number of aromatic nitrogens is 2. The van der Waals surface area contributed by atoms with Gasteiger partial charge in [-0.15, -0.1) is 11.3 Å². The highest BCUT2D eigenvalue weighted by Gasteiger charge is 2.29. The van der Waals surface area contributed by atoms with E-state index in [4.69, 9.17) is 0 Å². The zero-order chi connectivity index (χ0) is 17.2. The number of thiazole rings is 1. The maximum absolute atomic E-state index is 12.6. The third kappa shape index (κ3) is 3.31. The summed E-state index contributed by atoms with van der Waals surface area (Å²) in [5.74, 6) is -0.00893. The Labute approximate surface area is 146 Å². The fourth-order valence-corrected chi connectivity index (χ4v) is 3.72. The largest absolute Gasteiger partial charge is 0.344 e. The van der Waals surface area contributed by atoms with Gasteiger partial charge < -0.3 is 5.32 Å². The van der Waals surface area contributed by atoms with Crippen molar-refractivity contribution in [3.05, 3.63) is 58.2 Å². The molecule has 3 aromatic rings. The maximum Gasteiger partial charge on any atom is 0.225 e. The first-order valence-corrected chi connectivity index (χ1v) is 8.96. The third-order valence-corrected chi connectivity index (χ3v) is 5.50. The monoisotopic (exact) mass is 339 g/mol. The number of hydrogen-bond acceptors (Lipinski definition) is 4. The van der Waals surface area contributed by atoms with E-state index in [9.17, 15) is 4.79 Å². The van der Waals surface area contributed by atoms with Gasteiger partial charge in [-0.3, -0.25) is 9.78 Å². The SMILES string of the molecule is CC[C@@](C)(NC(=O)Cc1cccc2cccnc12)c1nc(C)cs1. The molecule has 4 nitrogen and oxygen atoms in total. The summed E-state index contributed by atoms with van der Waals surface area (Å²) in [6.45, 7) is 6.07. The number of fused-ring (bicyclic) bond motifs is 1. The van der Waals surface area contributed by atoms with Crippen molar-refractivity contribution in [2.75, 3.05) is 0 Å². The zero-order valence-electron chi connectivity index (χ0n) is 14.2. The van der Waals surface area contributed by atoms with Crippen LogP contribution >= 0.6 is 11.3 Å². The Kier molecular flexibility index (Phi) is 4.62. The molecule has 24 heavy (non-hydrogen) atoms. The van der Waals surface area contributed by atoms with Crippen LogP contribution in [-0.2, 0) is 16.8 Å². The normalized spacial score (nSPS) is 13.6. The second-order valence-corrected chi connectivity index (χ2v) is 7.06. The van der Waals surface area contributed by atoms with Gasteiger partial charge >= 0.3 is 0 Å². The summed E-state index contributed by atoms with van der Waals surface area (Å²) < 4.78 is 0. The molecule has 5 heteroatoms. The van der Waals surface area contributed by atoms with Gasteiger partial charge in [-0.05, 0) is 31.9 Å². The van der Waals surface area contributed by atoms with Crippen molar-refractivity contribution in [3.8, 4) is 0 Å². The summed E-state index contributed by atoms with van der Waals surface area (Å²) in [5.41, 5.74) is 2.38. The Bertz CT molecular complexity index is 868. The summed E-state index contributed by atoms with van der Waals surface area (Å²) in [6, 6.07) is 9.86. The van der Waals surface area contributed by atoms with Crippen LogP contribution in [0.25, 0.3) is 10.9 Å². The molecule has 2 heterocycles. The van der Waals surface area contributed by atoms with Gasteiger partial charge in [-0.1, -0.05) is 31.2 Å². The van der Waals surface area contributed by atoms with Gasteiger partial charge in [0.25, 0.3) is 0 Å². The van der Waals surface area contributed by atoms with Crippen molar-refractivity contribution >= 4 is 28.1 Å². The first-order valence-electron chi connectivity index (χ1n) is 8.08. The number of carbonyl (C=O) groups excluding carboxylic acids is 1. The van der Waals surface area contributed by atoms with Crippen LogP contribution in [0.1, 0.15) is 36.5 Å². The van der Waals surface area contributed by atoms with Crippen molar-refractivity contribution in [3.63, 3.8) is 0 Å². The predicted octanol–water partition coefficient (Wildman–Crippen LogP) is 3.98. The number of benzene rings is 1. The molecule has 0 radical (unpaired) electrons. The first kappa shape index (κ1) is 16.6. The van der Waals surface area contributed by atoms with E-state index in [1.807, 2.05) is 49.6 Å². The number of carbonyl (C=O) groups is 1. The van der Waals surface area contributed by atoms with E-state index < -0.39 is 5.54 Å². The summed E-state index contributed by atoms with van der Waals surface area (Å²) in [4.78, 5) is 21.6. The van der Waals surface area contributed by atoms with Gasteiger partial charge in [0.15, 0.2) is 0 Å². The molecule has 3 rings (SSSR count). The summed E-state index contributed by atoms with van der Waals surface area (Å²) in [6.07, 6.45) is 2.87. The topological polar surface area (TPSA) is 54.9 Å². The number of rotatable bonds is 5. The lowest BCUT2D eigenvalue weighted by Gasteiger charge is -2.27. The highest BCUT2D eigenvalue weighted by atomic mass is 32.1. The van der Waals surface area contributed by atoms with Gasteiger partial charge in [0, 0.05) is 22.7 Å². The van der Waals surface area contributed by atoms with E-state index in [0.717, 1.165) is 33.6 Å². The van der Waals surface area contributed by atoms with Crippen molar-refractivity contribution < 1.29 is 4.79 Å². The number of aryl methyl sites for hydroxylation is 1. The van der Waals surface area contributed by atoms with Crippen LogP contribution in [0.2, 0.25) is 0 Å². The molecule has 0 fully saturated rings. The standard InChI is InChI=1S/C19H21N3OS/c1-4-19(3,18-21-13(2)12-24-18)22-16(23)11-15-8-5-7-14-9-6-10-20-17(14)15/h5-10,12H,4,11H2,1-3H3,(H,22,23)/t19-/m1/s1. The fraction of sp³-hybridized carbons (Fsp3) is 0.316. The van der Waals surface area contributed by atoms with Gasteiger partial charge in [0.05, 0.1) is 17.5 Å². The molecular formula is C19H21N3OS. The van der Waals surface area contributed by atoms with E-state index in [1.165, 1.54) is 0 Å². The Morgan fingerprint density at radius 3 is 2.79 bits per heavy atom. The first-order chi connectivity index (χ1) is 11.5. The second kappa shape index (κ2) is 6.69. The molecular weight excluding hydrogens is 318 g/mol. The second-order valence-electron chi connectivity index (χ2n) is 6.20.